The first-order chi connectivity index (χ1) is 10.1. The summed E-state index contributed by atoms with van der Waals surface area (Å²) in [5.74, 6) is 0.999. The van der Waals surface area contributed by atoms with E-state index < -0.39 is 0 Å². The molecule has 0 amide bonds. The average molecular weight is 289 g/mol. The van der Waals surface area contributed by atoms with E-state index in [1.54, 1.807) is 0 Å². The average Bonchev–Trinajstić information content (AvgIpc) is 3.25. The zero-order valence-corrected chi connectivity index (χ0v) is 14.0. The number of nitrogens with one attached hydrogen (secondary N) is 1. The van der Waals surface area contributed by atoms with Gasteiger partial charge in [-0.25, -0.2) is 0 Å². The van der Waals surface area contributed by atoms with Gasteiger partial charge in [0, 0.05) is 6.04 Å². The Morgan fingerprint density at radius 3 is 2.29 bits per heavy atom. The van der Waals surface area contributed by atoms with Crippen LogP contribution in [0.4, 0.5) is 0 Å². The molecule has 1 N–H and O–H groups in total. The van der Waals surface area contributed by atoms with Crippen LogP contribution in [0.1, 0.15) is 64.9 Å². The summed E-state index contributed by atoms with van der Waals surface area (Å²) in [6.45, 7) is 8.74. The minimum absolute atomic E-state index is 0.215. The summed E-state index contributed by atoms with van der Waals surface area (Å²) >= 11 is 0. The van der Waals surface area contributed by atoms with E-state index in [1.807, 2.05) is 0 Å². The van der Waals surface area contributed by atoms with Gasteiger partial charge in [-0.2, -0.15) is 0 Å². The Bertz CT molecular complexity index is 401. The lowest BCUT2D eigenvalue weighted by molar-refractivity contribution is 0.304. The molecule has 2 heteroatoms. The lowest BCUT2D eigenvalue weighted by Crippen LogP contribution is -2.17. The highest BCUT2D eigenvalue weighted by Gasteiger charge is 2.19. The zero-order chi connectivity index (χ0) is 15.1. The normalized spacial score (nSPS) is 15.2. The highest BCUT2D eigenvalue weighted by Crippen LogP contribution is 2.24. The highest BCUT2D eigenvalue weighted by atomic mass is 16.5. The van der Waals surface area contributed by atoms with E-state index in [-0.39, 0.29) is 5.41 Å². The molecule has 0 saturated heterocycles. The molecule has 0 unspecified atom stereocenters. The monoisotopic (exact) mass is 289 g/mol. The SMILES string of the molecule is CC(C)(C)c1ccc(OCCCCCCNC2CC2)cc1. The van der Waals surface area contributed by atoms with Gasteiger partial charge in [0.15, 0.2) is 0 Å². The van der Waals surface area contributed by atoms with Crippen LogP contribution in [-0.4, -0.2) is 19.2 Å². The Kier molecular flexibility index (Phi) is 6.10. The van der Waals surface area contributed by atoms with Crippen molar-refractivity contribution in [3.05, 3.63) is 29.8 Å². The van der Waals surface area contributed by atoms with Gasteiger partial charge in [-0.05, 0) is 55.3 Å². The van der Waals surface area contributed by atoms with Crippen LogP contribution in [0.5, 0.6) is 5.75 Å². The smallest absolute Gasteiger partial charge is 0.119 e. The zero-order valence-electron chi connectivity index (χ0n) is 14.0. The largest absolute Gasteiger partial charge is 0.494 e. The summed E-state index contributed by atoms with van der Waals surface area (Å²) in [6.07, 6.45) is 7.82. The first-order valence-electron chi connectivity index (χ1n) is 8.52. The molecule has 0 aliphatic heterocycles. The summed E-state index contributed by atoms with van der Waals surface area (Å²) in [7, 11) is 0. The van der Waals surface area contributed by atoms with E-state index in [4.69, 9.17) is 4.74 Å². The van der Waals surface area contributed by atoms with Gasteiger partial charge in [-0.3, -0.25) is 0 Å². The van der Waals surface area contributed by atoms with Crippen LogP contribution < -0.4 is 10.1 Å². The van der Waals surface area contributed by atoms with Gasteiger partial charge in [0.05, 0.1) is 6.61 Å². The van der Waals surface area contributed by atoms with Crippen LogP contribution >= 0.6 is 0 Å². The van der Waals surface area contributed by atoms with Gasteiger partial charge >= 0.3 is 0 Å². The van der Waals surface area contributed by atoms with E-state index in [0.717, 1.165) is 24.8 Å². The van der Waals surface area contributed by atoms with Crippen molar-refractivity contribution >= 4 is 0 Å². The maximum Gasteiger partial charge on any atom is 0.119 e. The van der Waals surface area contributed by atoms with Crippen LogP contribution in [0.25, 0.3) is 0 Å². The second kappa shape index (κ2) is 7.84. The van der Waals surface area contributed by atoms with Gasteiger partial charge < -0.3 is 10.1 Å². The maximum absolute atomic E-state index is 5.81. The Hall–Kier alpha value is -1.02. The highest BCUT2D eigenvalue weighted by molar-refractivity contribution is 5.31. The molecule has 0 bridgehead atoms. The molecule has 1 aromatic carbocycles. The van der Waals surface area contributed by atoms with E-state index in [0.29, 0.717) is 0 Å². The van der Waals surface area contributed by atoms with E-state index in [1.165, 1.54) is 44.2 Å². The quantitative estimate of drug-likeness (QED) is 0.667. The van der Waals surface area contributed by atoms with Crippen molar-refractivity contribution in [3.63, 3.8) is 0 Å². The van der Waals surface area contributed by atoms with Crippen molar-refractivity contribution in [2.45, 2.75) is 70.8 Å². The molecule has 1 saturated carbocycles. The van der Waals surface area contributed by atoms with E-state index >= 15 is 0 Å². The number of rotatable bonds is 9. The number of hydrogen-bond acceptors (Lipinski definition) is 2. The van der Waals surface area contributed by atoms with Crippen molar-refractivity contribution in [1.29, 1.82) is 0 Å². The first kappa shape index (κ1) is 16.4. The number of benzene rings is 1. The Morgan fingerprint density at radius 2 is 1.67 bits per heavy atom. The molecule has 1 aliphatic rings. The molecule has 0 aromatic heterocycles. The second-order valence-corrected chi connectivity index (χ2v) is 7.27. The fourth-order valence-corrected chi connectivity index (χ4v) is 2.42. The molecule has 1 aromatic rings. The third-order valence-corrected chi connectivity index (χ3v) is 4.07. The van der Waals surface area contributed by atoms with Gasteiger partial charge in [0.1, 0.15) is 5.75 Å². The topological polar surface area (TPSA) is 21.3 Å². The molecule has 1 fully saturated rings. The minimum Gasteiger partial charge on any atom is -0.494 e. The van der Waals surface area contributed by atoms with Gasteiger partial charge in [-0.1, -0.05) is 45.7 Å². The molecule has 0 atom stereocenters. The maximum atomic E-state index is 5.81. The lowest BCUT2D eigenvalue weighted by atomic mass is 9.87. The molecular weight excluding hydrogens is 258 g/mol. The van der Waals surface area contributed by atoms with E-state index in [9.17, 15) is 0 Å². The van der Waals surface area contributed by atoms with Crippen LogP contribution in [0.2, 0.25) is 0 Å². The molecule has 0 spiro atoms. The molecule has 2 rings (SSSR count). The predicted molar refractivity (Wildman–Crippen MR) is 90.1 cm³/mol. The third-order valence-electron chi connectivity index (χ3n) is 4.07. The number of unbranched alkanes of at least 4 members (excludes halogenated alkanes) is 3. The summed E-state index contributed by atoms with van der Waals surface area (Å²) in [5.41, 5.74) is 1.57. The Balaban J connectivity index is 1.51. The second-order valence-electron chi connectivity index (χ2n) is 7.27. The molecule has 21 heavy (non-hydrogen) atoms. The van der Waals surface area contributed by atoms with Crippen molar-refractivity contribution in [3.8, 4) is 5.75 Å². The predicted octanol–water partition coefficient (Wildman–Crippen LogP) is 4.68. The standard InChI is InChI=1S/C19H31NO/c1-19(2,3)16-8-12-18(13-9-16)21-15-7-5-4-6-14-20-17-10-11-17/h8-9,12-13,17,20H,4-7,10-11,14-15H2,1-3H3. The summed E-state index contributed by atoms with van der Waals surface area (Å²) in [6, 6.07) is 9.40. The van der Waals surface area contributed by atoms with Crippen LogP contribution in [0, 0.1) is 0 Å². The van der Waals surface area contributed by atoms with Gasteiger partial charge in [0.2, 0.25) is 0 Å². The molecule has 1 aliphatic carbocycles. The van der Waals surface area contributed by atoms with Crippen molar-refractivity contribution < 1.29 is 4.74 Å². The van der Waals surface area contributed by atoms with Crippen molar-refractivity contribution in [1.82, 2.24) is 5.32 Å². The fraction of sp³-hybridized carbons (Fsp3) is 0.684. The van der Waals surface area contributed by atoms with Gasteiger partial charge in [-0.15, -0.1) is 0 Å². The van der Waals surface area contributed by atoms with Crippen LogP contribution in [0.3, 0.4) is 0 Å². The summed E-state index contributed by atoms with van der Waals surface area (Å²) in [4.78, 5) is 0. The molecule has 0 heterocycles. The molecule has 2 nitrogen and oxygen atoms in total. The Labute approximate surface area is 130 Å². The first-order valence-corrected chi connectivity index (χ1v) is 8.52. The van der Waals surface area contributed by atoms with Crippen LogP contribution in [0.15, 0.2) is 24.3 Å². The lowest BCUT2D eigenvalue weighted by Gasteiger charge is -2.19. The Morgan fingerprint density at radius 1 is 1.00 bits per heavy atom. The summed E-state index contributed by atoms with van der Waals surface area (Å²) in [5, 5.41) is 3.56. The summed E-state index contributed by atoms with van der Waals surface area (Å²) < 4.78 is 5.81. The van der Waals surface area contributed by atoms with E-state index in [2.05, 4.69) is 50.4 Å². The van der Waals surface area contributed by atoms with Gasteiger partial charge in [0.25, 0.3) is 0 Å². The molecule has 118 valence electrons. The fourth-order valence-electron chi connectivity index (χ4n) is 2.42. The van der Waals surface area contributed by atoms with Crippen LogP contribution in [-0.2, 0) is 5.41 Å². The molecular formula is C19H31NO. The molecule has 0 radical (unpaired) electrons. The minimum atomic E-state index is 0.215. The van der Waals surface area contributed by atoms with Crippen molar-refractivity contribution in [2.24, 2.45) is 0 Å². The number of hydrogen-bond donors (Lipinski definition) is 1. The number of ether oxygens (including phenoxy) is 1. The van der Waals surface area contributed by atoms with Crippen molar-refractivity contribution in [2.75, 3.05) is 13.2 Å². The third kappa shape index (κ3) is 6.52.